The molecule has 0 radical (unpaired) electrons. The van der Waals surface area contributed by atoms with Crippen LogP contribution >= 0.6 is 0 Å². The molecule has 0 saturated carbocycles. The average Bonchev–Trinajstić information content (AvgIpc) is 1.98. The molecule has 14 heavy (non-hydrogen) atoms. The summed E-state index contributed by atoms with van der Waals surface area (Å²) in [5.41, 5.74) is 0. The van der Waals surface area contributed by atoms with E-state index in [9.17, 15) is 26.7 Å². The van der Waals surface area contributed by atoms with Crippen LogP contribution in [0.2, 0.25) is 0 Å². The molecule has 1 unspecified atom stereocenters. The van der Waals surface area contributed by atoms with Crippen LogP contribution in [-0.2, 0) is 9.53 Å². The first-order valence-electron chi connectivity index (χ1n) is 3.83. The topological polar surface area (TPSA) is 26.3 Å². The van der Waals surface area contributed by atoms with Crippen LogP contribution in [0.5, 0.6) is 0 Å². The van der Waals surface area contributed by atoms with Gasteiger partial charge in [0.25, 0.3) is 12.5 Å². The van der Waals surface area contributed by atoms with Crippen LogP contribution in [0.1, 0.15) is 19.8 Å². The first kappa shape index (κ1) is 13.1. The van der Waals surface area contributed by atoms with Gasteiger partial charge in [0.2, 0.25) is 0 Å². The average molecular weight is 220 g/mol. The molecular weight excluding hydrogens is 211 g/mol. The molecule has 0 aliphatic rings. The molecule has 0 rings (SSSR count). The van der Waals surface area contributed by atoms with Gasteiger partial charge in [0.15, 0.2) is 0 Å². The van der Waals surface area contributed by atoms with Crippen LogP contribution in [-0.4, -0.2) is 24.7 Å². The molecule has 0 aliphatic carbocycles. The fourth-order valence-electron chi connectivity index (χ4n) is 0.666. The fourth-order valence-corrected chi connectivity index (χ4v) is 0.666. The predicted octanol–water partition coefficient (Wildman–Crippen LogP) is 2.53. The molecule has 0 N–H and O–H groups in total. The Labute approximate surface area is 77.0 Å². The van der Waals surface area contributed by atoms with Gasteiger partial charge < -0.3 is 4.74 Å². The maximum absolute atomic E-state index is 11.8. The summed E-state index contributed by atoms with van der Waals surface area (Å²) in [6.07, 6.45) is -12.4. The summed E-state index contributed by atoms with van der Waals surface area (Å²) in [5.74, 6) is -1.27. The van der Waals surface area contributed by atoms with Gasteiger partial charge in [-0.3, -0.25) is 4.79 Å². The van der Waals surface area contributed by atoms with Crippen LogP contribution in [0.3, 0.4) is 0 Å². The van der Waals surface area contributed by atoms with Crippen LogP contribution in [0.15, 0.2) is 0 Å². The predicted molar refractivity (Wildman–Crippen MR) is 36.8 cm³/mol. The summed E-state index contributed by atoms with van der Waals surface area (Å²) >= 11 is 0. The summed E-state index contributed by atoms with van der Waals surface area (Å²) in [7, 11) is 0. The smallest absolute Gasteiger partial charge is 0.431 e. The van der Waals surface area contributed by atoms with E-state index in [0.717, 1.165) is 0 Å². The van der Waals surface area contributed by atoms with Crippen LogP contribution in [0.4, 0.5) is 22.0 Å². The number of ether oxygens (including phenoxy) is 1. The van der Waals surface area contributed by atoms with Crippen LogP contribution in [0, 0.1) is 0 Å². The van der Waals surface area contributed by atoms with Crippen LogP contribution < -0.4 is 0 Å². The van der Waals surface area contributed by atoms with Gasteiger partial charge in [-0.25, -0.2) is 8.78 Å². The Hall–Kier alpha value is -0.880. The normalized spacial score (nSPS) is 14.2. The molecule has 0 aromatic heterocycles. The van der Waals surface area contributed by atoms with E-state index in [0.29, 0.717) is 0 Å². The van der Waals surface area contributed by atoms with Crippen molar-refractivity contribution < 1.29 is 31.5 Å². The Kier molecular flexibility index (Phi) is 4.79. The van der Waals surface area contributed by atoms with Gasteiger partial charge in [-0.15, -0.1) is 0 Å². The lowest BCUT2D eigenvalue weighted by Gasteiger charge is -2.19. The van der Waals surface area contributed by atoms with E-state index in [-0.39, 0.29) is 12.8 Å². The van der Waals surface area contributed by atoms with E-state index in [1.54, 1.807) is 0 Å². The summed E-state index contributed by atoms with van der Waals surface area (Å²) in [6.45, 7) is 1.52. The Morgan fingerprint density at radius 2 is 1.86 bits per heavy atom. The Balaban J connectivity index is 4.32. The lowest BCUT2D eigenvalue weighted by molar-refractivity contribution is -0.249. The quantitative estimate of drug-likeness (QED) is 0.537. The molecule has 0 aliphatic heterocycles. The Morgan fingerprint density at radius 1 is 1.36 bits per heavy atom. The molecule has 0 heterocycles. The number of hydrogen-bond donors (Lipinski definition) is 0. The van der Waals surface area contributed by atoms with Gasteiger partial charge in [0.1, 0.15) is 0 Å². The van der Waals surface area contributed by atoms with Crippen molar-refractivity contribution in [1.29, 1.82) is 0 Å². The number of carbonyl (C=O) groups is 1. The zero-order valence-corrected chi connectivity index (χ0v) is 7.28. The van der Waals surface area contributed by atoms with E-state index in [4.69, 9.17) is 0 Å². The molecular formula is C7H9F5O2. The number of alkyl halides is 5. The molecule has 0 fully saturated rings. The highest BCUT2D eigenvalue weighted by Gasteiger charge is 2.49. The highest BCUT2D eigenvalue weighted by atomic mass is 19.4. The van der Waals surface area contributed by atoms with Gasteiger partial charge in [0, 0.05) is 6.42 Å². The van der Waals surface area contributed by atoms with E-state index in [1.165, 1.54) is 6.92 Å². The molecule has 7 heteroatoms. The van der Waals surface area contributed by atoms with Crippen molar-refractivity contribution in [2.45, 2.75) is 38.5 Å². The number of esters is 1. The zero-order valence-electron chi connectivity index (χ0n) is 7.28. The van der Waals surface area contributed by atoms with Gasteiger partial charge in [-0.05, 0) is 6.42 Å². The SMILES string of the molecule is CCCC(=O)OC(C(F)F)C(F)(F)F. The van der Waals surface area contributed by atoms with Crippen molar-refractivity contribution in [1.82, 2.24) is 0 Å². The van der Waals surface area contributed by atoms with Gasteiger partial charge >= 0.3 is 12.1 Å². The standard InChI is InChI=1S/C7H9F5O2/c1-2-3-4(13)14-5(6(8)9)7(10,11)12/h5-6H,2-3H2,1H3. The minimum atomic E-state index is -5.22. The Morgan fingerprint density at radius 3 is 2.14 bits per heavy atom. The van der Waals surface area contributed by atoms with Crippen molar-refractivity contribution in [3.63, 3.8) is 0 Å². The third kappa shape index (κ3) is 4.38. The zero-order chi connectivity index (χ0) is 11.4. The Bertz CT molecular complexity index is 189. The number of carbonyl (C=O) groups excluding carboxylic acids is 1. The molecule has 0 aromatic carbocycles. The summed E-state index contributed by atoms with van der Waals surface area (Å²) in [6, 6.07) is 0. The maximum Gasteiger partial charge on any atom is 0.431 e. The lowest BCUT2D eigenvalue weighted by atomic mass is 10.3. The van der Waals surface area contributed by atoms with E-state index >= 15 is 0 Å². The lowest BCUT2D eigenvalue weighted by Crippen LogP contribution is -2.39. The van der Waals surface area contributed by atoms with Crippen molar-refractivity contribution in [2.75, 3.05) is 0 Å². The van der Waals surface area contributed by atoms with E-state index in [2.05, 4.69) is 4.74 Å². The fraction of sp³-hybridized carbons (Fsp3) is 0.857. The second-order valence-corrected chi connectivity index (χ2v) is 2.54. The summed E-state index contributed by atoms with van der Waals surface area (Å²) < 4.78 is 62.6. The molecule has 0 spiro atoms. The highest BCUT2D eigenvalue weighted by molar-refractivity contribution is 5.69. The molecule has 0 aromatic rings. The molecule has 0 bridgehead atoms. The number of halogens is 5. The number of hydrogen-bond acceptors (Lipinski definition) is 2. The van der Waals surface area contributed by atoms with E-state index in [1.807, 2.05) is 0 Å². The third-order valence-corrected chi connectivity index (χ3v) is 1.26. The summed E-state index contributed by atoms with van der Waals surface area (Å²) in [5, 5.41) is 0. The summed E-state index contributed by atoms with van der Waals surface area (Å²) in [4.78, 5) is 10.5. The molecule has 84 valence electrons. The maximum atomic E-state index is 11.8. The number of rotatable bonds is 4. The van der Waals surface area contributed by atoms with Crippen molar-refractivity contribution in [2.24, 2.45) is 0 Å². The van der Waals surface area contributed by atoms with Crippen molar-refractivity contribution in [3.8, 4) is 0 Å². The third-order valence-electron chi connectivity index (χ3n) is 1.26. The first-order valence-corrected chi connectivity index (χ1v) is 3.83. The largest absolute Gasteiger partial charge is 0.446 e. The van der Waals surface area contributed by atoms with Gasteiger partial charge in [0.05, 0.1) is 0 Å². The second kappa shape index (κ2) is 5.11. The molecule has 2 nitrogen and oxygen atoms in total. The molecule has 0 amide bonds. The van der Waals surface area contributed by atoms with Crippen molar-refractivity contribution >= 4 is 5.97 Å². The van der Waals surface area contributed by atoms with Crippen LogP contribution in [0.25, 0.3) is 0 Å². The minimum Gasteiger partial charge on any atom is -0.446 e. The van der Waals surface area contributed by atoms with E-state index < -0.39 is 24.7 Å². The second-order valence-electron chi connectivity index (χ2n) is 2.54. The first-order chi connectivity index (χ1) is 6.29. The van der Waals surface area contributed by atoms with Gasteiger partial charge in [-0.2, -0.15) is 13.2 Å². The molecule has 1 atom stereocenters. The minimum absolute atomic E-state index is 0.243. The van der Waals surface area contributed by atoms with Crippen molar-refractivity contribution in [3.05, 3.63) is 0 Å². The molecule has 0 saturated heterocycles. The van der Waals surface area contributed by atoms with Gasteiger partial charge in [-0.1, -0.05) is 6.92 Å². The monoisotopic (exact) mass is 220 g/mol. The highest BCUT2D eigenvalue weighted by Crippen LogP contribution is 2.27.